The van der Waals surface area contributed by atoms with Gasteiger partial charge in [0.15, 0.2) is 0 Å². The van der Waals surface area contributed by atoms with E-state index in [-0.39, 0.29) is 30.3 Å². The second-order valence-electron chi connectivity index (χ2n) is 5.32. The molecule has 0 spiro atoms. The minimum Gasteiger partial charge on any atom is -0.352 e. The number of hydrogen-bond acceptors (Lipinski definition) is 3. The predicted octanol–water partition coefficient (Wildman–Crippen LogP) is 0.215. The quantitative estimate of drug-likeness (QED) is 0.738. The minimum atomic E-state index is -0.0844. The fraction of sp³-hybridized carbons (Fsp3) is 0.846. The lowest BCUT2D eigenvalue weighted by Crippen LogP contribution is -2.45. The van der Waals surface area contributed by atoms with Gasteiger partial charge in [-0.15, -0.1) is 0 Å². The molecule has 2 amide bonds. The second kappa shape index (κ2) is 6.73. The number of nitrogens with one attached hydrogen (secondary N) is 2. The van der Waals surface area contributed by atoms with Crippen LogP contribution in [0.5, 0.6) is 0 Å². The van der Waals surface area contributed by atoms with Gasteiger partial charge < -0.3 is 15.5 Å². The van der Waals surface area contributed by atoms with Gasteiger partial charge in [0.2, 0.25) is 11.8 Å². The van der Waals surface area contributed by atoms with Gasteiger partial charge in [-0.05, 0) is 33.2 Å². The maximum Gasteiger partial charge on any atom is 0.239 e. The zero-order chi connectivity index (χ0) is 13.7. The van der Waals surface area contributed by atoms with E-state index in [0.717, 1.165) is 13.1 Å². The highest BCUT2D eigenvalue weighted by molar-refractivity contribution is 5.86. The van der Waals surface area contributed by atoms with E-state index >= 15 is 0 Å². The van der Waals surface area contributed by atoms with Crippen molar-refractivity contribution in [1.29, 1.82) is 0 Å². The molecule has 0 radical (unpaired) electrons. The highest BCUT2D eigenvalue weighted by atomic mass is 16.2. The van der Waals surface area contributed by atoms with Gasteiger partial charge in [0.05, 0.1) is 12.5 Å². The van der Waals surface area contributed by atoms with Crippen LogP contribution < -0.4 is 10.6 Å². The summed E-state index contributed by atoms with van der Waals surface area (Å²) in [7, 11) is 0. The number of nitrogens with zero attached hydrogens (tertiary/aromatic N) is 1. The minimum absolute atomic E-state index is 0.0109. The molecule has 1 saturated heterocycles. The smallest absolute Gasteiger partial charge is 0.239 e. The van der Waals surface area contributed by atoms with E-state index in [0.29, 0.717) is 12.5 Å². The molecule has 1 heterocycles. The van der Waals surface area contributed by atoms with Crippen LogP contribution >= 0.6 is 0 Å². The molecule has 0 bridgehead atoms. The first-order valence-corrected chi connectivity index (χ1v) is 6.74. The van der Waals surface area contributed by atoms with E-state index in [1.54, 1.807) is 4.90 Å². The highest BCUT2D eigenvalue weighted by Gasteiger charge is 2.32. The van der Waals surface area contributed by atoms with Crippen molar-refractivity contribution in [3.05, 3.63) is 0 Å². The van der Waals surface area contributed by atoms with Crippen molar-refractivity contribution in [2.75, 3.05) is 26.2 Å². The first-order valence-electron chi connectivity index (χ1n) is 6.74. The highest BCUT2D eigenvalue weighted by Crippen LogP contribution is 2.18. The Kier molecular flexibility index (Phi) is 5.59. The van der Waals surface area contributed by atoms with Gasteiger partial charge >= 0.3 is 0 Å². The normalized spacial score (nSPS) is 23.2. The van der Waals surface area contributed by atoms with Crippen LogP contribution in [-0.2, 0) is 9.59 Å². The first kappa shape index (κ1) is 15.0. The molecule has 0 aromatic rings. The summed E-state index contributed by atoms with van der Waals surface area (Å²) in [5.74, 6) is 0.365. The third kappa shape index (κ3) is 3.98. The molecule has 5 nitrogen and oxygen atoms in total. The largest absolute Gasteiger partial charge is 0.352 e. The number of carbonyl (C=O) groups is 2. The summed E-state index contributed by atoms with van der Waals surface area (Å²) in [4.78, 5) is 25.7. The Morgan fingerprint density at radius 1 is 1.39 bits per heavy atom. The van der Waals surface area contributed by atoms with Crippen molar-refractivity contribution in [3.8, 4) is 0 Å². The SMILES string of the molecule is CCN(CC(=O)NC(C)C)C(=O)C1CNCC1C. The first-order chi connectivity index (χ1) is 8.45. The van der Waals surface area contributed by atoms with Gasteiger partial charge in [-0.2, -0.15) is 0 Å². The van der Waals surface area contributed by atoms with E-state index in [1.165, 1.54) is 0 Å². The maximum atomic E-state index is 12.3. The Hall–Kier alpha value is -1.10. The van der Waals surface area contributed by atoms with Crippen molar-refractivity contribution in [3.63, 3.8) is 0 Å². The van der Waals surface area contributed by atoms with Gasteiger partial charge in [-0.25, -0.2) is 0 Å². The molecule has 1 fully saturated rings. The average Bonchev–Trinajstić information content (AvgIpc) is 2.70. The van der Waals surface area contributed by atoms with E-state index in [2.05, 4.69) is 17.6 Å². The monoisotopic (exact) mass is 255 g/mol. The van der Waals surface area contributed by atoms with Crippen LogP contribution in [0.3, 0.4) is 0 Å². The van der Waals surface area contributed by atoms with Crippen molar-refractivity contribution in [1.82, 2.24) is 15.5 Å². The summed E-state index contributed by atoms with van der Waals surface area (Å²) in [5, 5.41) is 6.04. The van der Waals surface area contributed by atoms with Crippen LogP contribution in [0.25, 0.3) is 0 Å². The number of hydrogen-bond donors (Lipinski definition) is 2. The van der Waals surface area contributed by atoms with Crippen LogP contribution in [0.2, 0.25) is 0 Å². The van der Waals surface area contributed by atoms with Crippen LogP contribution in [-0.4, -0.2) is 48.9 Å². The standard InChI is InChI=1S/C13H25N3O2/c1-5-16(8-12(17)15-9(2)3)13(18)11-7-14-6-10(11)4/h9-11,14H,5-8H2,1-4H3,(H,15,17). The fourth-order valence-corrected chi connectivity index (χ4v) is 2.26. The van der Waals surface area contributed by atoms with Crippen LogP contribution in [0.15, 0.2) is 0 Å². The number of amides is 2. The Morgan fingerprint density at radius 2 is 2.06 bits per heavy atom. The van der Waals surface area contributed by atoms with Gasteiger partial charge in [0.25, 0.3) is 0 Å². The molecule has 0 saturated carbocycles. The van der Waals surface area contributed by atoms with E-state index < -0.39 is 0 Å². The Morgan fingerprint density at radius 3 is 2.50 bits per heavy atom. The van der Waals surface area contributed by atoms with Crippen molar-refractivity contribution >= 4 is 11.8 Å². The molecule has 2 atom stereocenters. The van der Waals surface area contributed by atoms with E-state index in [1.807, 2.05) is 20.8 Å². The molecule has 104 valence electrons. The van der Waals surface area contributed by atoms with Gasteiger partial charge in [0, 0.05) is 19.1 Å². The van der Waals surface area contributed by atoms with Gasteiger partial charge in [-0.3, -0.25) is 9.59 Å². The molecule has 2 N–H and O–H groups in total. The lowest BCUT2D eigenvalue weighted by atomic mass is 9.96. The molecule has 0 aromatic heterocycles. The van der Waals surface area contributed by atoms with Gasteiger partial charge in [0.1, 0.15) is 0 Å². The molecule has 0 aliphatic carbocycles. The number of likely N-dealkylation sites (N-methyl/N-ethyl adjacent to an activating group) is 1. The molecule has 1 rings (SSSR count). The summed E-state index contributed by atoms with van der Waals surface area (Å²) in [5.41, 5.74) is 0. The maximum absolute atomic E-state index is 12.3. The van der Waals surface area contributed by atoms with E-state index in [9.17, 15) is 9.59 Å². The molecule has 1 aliphatic rings. The third-order valence-corrected chi connectivity index (χ3v) is 3.31. The van der Waals surface area contributed by atoms with Crippen molar-refractivity contribution in [2.45, 2.75) is 33.7 Å². The molecule has 2 unspecified atom stereocenters. The lowest BCUT2D eigenvalue weighted by molar-refractivity contribution is -0.139. The molecular weight excluding hydrogens is 230 g/mol. The molecule has 5 heteroatoms. The summed E-state index contributed by atoms with van der Waals surface area (Å²) in [6.45, 7) is 10.2. The van der Waals surface area contributed by atoms with Crippen LogP contribution in [0, 0.1) is 11.8 Å². The van der Waals surface area contributed by atoms with Crippen molar-refractivity contribution < 1.29 is 9.59 Å². The molecular formula is C13H25N3O2. The lowest BCUT2D eigenvalue weighted by Gasteiger charge is -2.25. The zero-order valence-corrected chi connectivity index (χ0v) is 11.8. The molecule has 18 heavy (non-hydrogen) atoms. The predicted molar refractivity (Wildman–Crippen MR) is 71.1 cm³/mol. The van der Waals surface area contributed by atoms with Crippen LogP contribution in [0.1, 0.15) is 27.7 Å². The number of rotatable bonds is 5. The Balaban J connectivity index is 2.54. The fourth-order valence-electron chi connectivity index (χ4n) is 2.26. The second-order valence-corrected chi connectivity index (χ2v) is 5.32. The summed E-state index contributed by atoms with van der Waals surface area (Å²) in [6.07, 6.45) is 0. The molecule has 0 aromatic carbocycles. The Bertz CT molecular complexity index is 305. The average molecular weight is 255 g/mol. The topological polar surface area (TPSA) is 61.4 Å². The Labute approximate surface area is 109 Å². The molecule has 1 aliphatic heterocycles. The zero-order valence-electron chi connectivity index (χ0n) is 11.8. The van der Waals surface area contributed by atoms with E-state index in [4.69, 9.17) is 0 Å². The summed E-state index contributed by atoms with van der Waals surface area (Å²) < 4.78 is 0. The van der Waals surface area contributed by atoms with Gasteiger partial charge in [-0.1, -0.05) is 6.92 Å². The van der Waals surface area contributed by atoms with Crippen LogP contribution in [0.4, 0.5) is 0 Å². The van der Waals surface area contributed by atoms with Crippen molar-refractivity contribution in [2.24, 2.45) is 11.8 Å². The number of carbonyl (C=O) groups excluding carboxylic acids is 2. The summed E-state index contributed by atoms with van der Waals surface area (Å²) in [6, 6.07) is 0.110. The third-order valence-electron chi connectivity index (χ3n) is 3.31. The summed E-state index contributed by atoms with van der Waals surface area (Å²) >= 11 is 0.